The number of non-ortho nitro benzene ring substituents is 1. The summed E-state index contributed by atoms with van der Waals surface area (Å²) in [5, 5.41) is 10.7. The Bertz CT molecular complexity index is 1210. The second-order valence-electron chi connectivity index (χ2n) is 6.33. The maximum Gasteiger partial charge on any atom is 0.325 e. The number of nitrogens with zero attached hydrogens (tertiary/aromatic N) is 3. The maximum absolute atomic E-state index is 12.4. The van der Waals surface area contributed by atoms with E-state index in [4.69, 9.17) is 4.74 Å². The largest absolute Gasteiger partial charge is 0.468 e. The molecule has 3 rings (SSSR count). The Morgan fingerprint density at radius 3 is 2.60 bits per heavy atom. The number of thiazole rings is 1. The number of aromatic nitrogens is 1. The van der Waals surface area contributed by atoms with Crippen molar-refractivity contribution in [2.45, 2.75) is 19.9 Å². The van der Waals surface area contributed by atoms with Crippen LogP contribution in [0.1, 0.15) is 18.1 Å². The molecule has 0 spiro atoms. The smallest absolute Gasteiger partial charge is 0.325 e. The van der Waals surface area contributed by atoms with Crippen LogP contribution in [0.3, 0.4) is 0 Å². The van der Waals surface area contributed by atoms with Crippen molar-refractivity contribution in [1.29, 1.82) is 0 Å². The third-order valence-electron chi connectivity index (χ3n) is 4.40. The van der Waals surface area contributed by atoms with E-state index in [1.807, 2.05) is 18.2 Å². The van der Waals surface area contributed by atoms with Gasteiger partial charge in [0.2, 0.25) is 0 Å². The van der Waals surface area contributed by atoms with E-state index in [1.54, 1.807) is 16.7 Å². The van der Waals surface area contributed by atoms with Gasteiger partial charge in [0, 0.05) is 18.2 Å². The van der Waals surface area contributed by atoms with E-state index in [9.17, 15) is 19.7 Å². The number of rotatable bonds is 6. The summed E-state index contributed by atoms with van der Waals surface area (Å²) < 4.78 is 7.34. The number of hydrogen-bond acceptors (Lipinski definition) is 6. The van der Waals surface area contributed by atoms with Crippen LogP contribution in [0.25, 0.3) is 16.3 Å². The molecule has 0 bridgehead atoms. The van der Waals surface area contributed by atoms with Crippen LogP contribution in [0.5, 0.6) is 0 Å². The Morgan fingerprint density at radius 1 is 1.23 bits per heavy atom. The van der Waals surface area contributed by atoms with Gasteiger partial charge in [-0.2, -0.15) is 4.99 Å². The summed E-state index contributed by atoms with van der Waals surface area (Å²) in [6, 6.07) is 11.7. The van der Waals surface area contributed by atoms with Gasteiger partial charge in [0.15, 0.2) is 4.80 Å². The molecule has 1 heterocycles. The molecule has 1 amide bonds. The van der Waals surface area contributed by atoms with Gasteiger partial charge in [-0.25, -0.2) is 0 Å². The van der Waals surface area contributed by atoms with E-state index >= 15 is 0 Å². The second-order valence-corrected chi connectivity index (χ2v) is 7.34. The summed E-state index contributed by atoms with van der Waals surface area (Å²) in [5.41, 5.74) is 2.55. The van der Waals surface area contributed by atoms with Gasteiger partial charge in [-0.15, -0.1) is 0 Å². The highest BCUT2D eigenvalue weighted by molar-refractivity contribution is 7.16. The fourth-order valence-corrected chi connectivity index (χ4v) is 3.87. The molecule has 0 radical (unpaired) electrons. The van der Waals surface area contributed by atoms with Gasteiger partial charge in [0.25, 0.3) is 11.6 Å². The molecule has 1 aromatic heterocycles. The number of benzene rings is 2. The minimum atomic E-state index is -0.505. The molecule has 154 valence electrons. The zero-order valence-corrected chi connectivity index (χ0v) is 17.2. The molecule has 0 fully saturated rings. The SMILES string of the molecule is CCc1ccc2c(c1)sc(=NC(=O)C=Cc1ccc([N+](=O)[O-])cc1)n2CC(=O)OC. The van der Waals surface area contributed by atoms with Gasteiger partial charge < -0.3 is 9.30 Å². The fourth-order valence-electron chi connectivity index (χ4n) is 2.78. The van der Waals surface area contributed by atoms with E-state index in [1.165, 1.54) is 42.7 Å². The van der Waals surface area contributed by atoms with Gasteiger partial charge >= 0.3 is 5.97 Å². The van der Waals surface area contributed by atoms with Crippen molar-refractivity contribution in [3.8, 4) is 0 Å². The average molecular weight is 425 g/mol. The predicted octanol–water partition coefficient (Wildman–Crippen LogP) is 3.49. The molecule has 0 saturated carbocycles. The minimum absolute atomic E-state index is 0.0243. The number of hydrogen-bond donors (Lipinski definition) is 0. The van der Waals surface area contributed by atoms with Gasteiger partial charge in [0.1, 0.15) is 6.54 Å². The van der Waals surface area contributed by atoms with Crippen LogP contribution in [0, 0.1) is 10.1 Å². The molecule has 3 aromatic rings. The summed E-state index contributed by atoms with van der Waals surface area (Å²) in [6.45, 7) is 2.00. The number of methoxy groups -OCH3 is 1. The summed E-state index contributed by atoms with van der Waals surface area (Å²) in [6.07, 6.45) is 3.68. The lowest BCUT2D eigenvalue weighted by Crippen LogP contribution is -2.22. The Kier molecular flexibility index (Phi) is 6.53. The maximum atomic E-state index is 12.4. The minimum Gasteiger partial charge on any atom is -0.468 e. The van der Waals surface area contributed by atoms with E-state index in [0.29, 0.717) is 10.4 Å². The Balaban J connectivity index is 1.94. The number of ether oxygens (including phenoxy) is 1. The van der Waals surface area contributed by atoms with Crippen molar-refractivity contribution in [1.82, 2.24) is 4.57 Å². The second kappa shape index (κ2) is 9.27. The van der Waals surface area contributed by atoms with E-state index in [-0.39, 0.29) is 12.2 Å². The Hall–Kier alpha value is -3.59. The van der Waals surface area contributed by atoms with Crippen LogP contribution in [0.15, 0.2) is 53.5 Å². The molecule has 0 aliphatic heterocycles. The highest BCUT2D eigenvalue weighted by atomic mass is 32.1. The summed E-state index contributed by atoms with van der Waals surface area (Å²) in [4.78, 5) is 39.0. The third-order valence-corrected chi connectivity index (χ3v) is 5.44. The predicted molar refractivity (Wildman–Crippen MR) is 114 cm³/mol. The van der Waals surface area contributed by atoms with E-state index in [0.717, 1.165) is 22.2 Å². The van der Waals surface area contributed by atoms with E-state index in [2.05, 4.69) is 11.9 Å². The van der Waals surface area contributed by atoms with E-state index < -0.39 is 16.8 Å². The molecular weight excluding hydrogens is 406 g/mol. The molecular formula is C21H19N3O5S. The van der Waals surface area contributed by atoms with Crippen LogP contribution < -0.4 is 4.80 Å². The molecule has 0 aliphatic rings. The molecule has 2 aromatic carbocycles. The summed E-state index contributed by atoms with van der Waals surface area (Å²) in [5.74, 6) is -0.946. The first-order chi connectivity index (χ1) is 14.4. The molecule has 0 aliphatic carbocycles. The van der Waals surface area contributed by atoms with Crippen LogP contribution in [0.2, 0.25) is 0 Å². The number of nitro benzene ring substituents is 1. The molecule has 0 N–H and O–H groups in total. The normalized spacial score (nSPS) is 11.9. The van der Waals surface area contributed by atoms with Crippen molar-refractivity contribution in [3.63, 3.8) is 0 Å². The standard InChI is InChI=1S/C21H19N3O5S/c1-3-14-6-10-17-18(12-14)30-21(23(17)13-20(26)29-2)22-19(25)11-7-15-4-8-16(9-5-15)24(27)28/h4-12H,3,13H2,1-2H3. The zero-order chi connectivity index (χ0) is 21.7. The van der Waals surface area contributed by atoms with Crippen molar-refractivity contribution < 1.29 is 19.2 Å². The van der Waals surface area contributed by atoms with Gasteiger partial charge in [-0.1, -0.05) is 24.3 Å². The number of aryl methyl sites for hydroxylation is 1. The molecule has 0 saturated heterocycles. The Labute approximate surface area is 175 Å². The summed E-state index contributed by atoms with van der Waals surface area (Å²) >= 11 is 1.32. The van der Waals surface area contributed by atoms with Crippen LogP contribution in [-0.4, -0.2) is 28.5 Å². The molecule has 0 unspecified atom stereocenters. The summed E-state index contributed by atoms with van der Waals surface area (Å²) in [7, 11) is 1.31. The first-order valence-electron chi connectivity index (χ1n) is 9.11. The van der Waals surface area contributed by atoms with Crippen molar-refractivity contribution in [2.24, 2.45) is 4.99 Å². The van der Waals surface area contributed by atoms with Gasteiger partial charge in [-0.05, 0) is 47.9 Å². The highest BCUT2D eigenvalue weighted by Gasteiger charge is 2.12. The van der Waals surface area contributed by atoms with Crippen LogP contribution in [-0.2, 0) is 27.3 Å². The zero-order valence-electron chi connectivity index (χ0n) is 16.4. The lowest BCUT2D eigenvalue weighted by atomic mass is 10.2. The molecule has 8 nitrogen and oxygen atoms in total. The van der Waals surface area contributed by atoms with Gasteiger partial charge in [-0.3, -0.25) is 19.7 Å². The van der Waals surface area contributed by atoms with Crippen LogP contribution >= 0.6 is 11.3 Å². The topological polar surface area (TPSA) is 104 Å². The Morgan fingerprint density at radius 2 is 1.97 bits per heavy atom. The lowest BCUT2D eigenvalue weighted by Gasteiger charge is -2.04. The van der Waals surface area contributed by atoms with Crippen LogP contribution in [0.4, 0.5) is 5.69 Å². The number of carbonyl (C=O) groups is 2. The fraction of sp³-hybridized carbons (Fsp3) is 0.190. The monoisotopic (exact) mass is 425 g/mol. The van der Waals surface area contributed by atoms with Gasteiger partial charge in [0.05, 0.1) is 22.2 Å². The lowest BCUT2D eigenvalue weighted by molar-refractivity contribution is -0.384. The highest BCUT2D eigenvalue weighted by Crippen LogP contribution is 2.20. The van der Waals surface area contributed by atoms with Crippen molar-refractivity contribution in [3.05, 3.63) is 74.6 Å². The first kappa shape index (κ1) is 21.1. The first-order valence-corrected chi connectivity index (χ1v) is 9.93. The molecule has 0 atom stereocenters. The number of carbonyl (C=O) groups excluding carboxylic acids is 2. The molecule has 30 heavy (non-hydrogen) atoms. The van der Waals surface area contributed by atoms with Crippen molar-refractivity contribution in [2.75, 3.05) is 7.11 Å². The average Bonchev–Trinajstić information content (AvgIpc) is 3.08. The quantitative estimate of drug-likeness (QED) is 0.260. The number of fused-ring (bicyclic) bond motifs is 1. The van der Waals surface area contributed by atoms with Crippen molar-refractivity contribution >= 4 is 45.2 Å². The molecule has 9 heteroatoms. The number of nitro groups is 1. The number of amides is 1. The third kappa shape index (κ3) is 4.87. The number of esters is 1.